The summed E-state index contributed by atoms with van der Waals surface area (Å²) in [4.78, 5) is 27.9. The SMILES string of the molecule is Cc1nccn1-c1ncc(NC(=O)c2ccncc2F)cn1. The number of imidazole rings is 1. The number of pyridine rings is 1. The molecule has 110 valence electrons. The van der Waals surface area contributed by atoms with Crippen LogP contribution in [0, 0.1) is 12.7 Å². The number of amides is 1. The zero-order valence-corrected chi connectivity index (χ0v) is 11.6. The molecular weight excluding hydrogens is 287 g/mol. The van der Waals surface area contributed by atoms with Crippen molar-refractivity contribution in [1.29, 1.82) is 0 Å². The summed E-state index contributed by atoms with van der Waals surface area (Å²) in [5, 5.41) is 2.53. The smallest absolute Gasteiger partial charge is 0.258 e. The van der Waals surface area contributed by atoms with Gasteiger partial charge in [0, 0.05) is 18.6 Å². The maximum Gasteiger partial charge on any atom is 0.258 e. The summed E-state index contributed by atoms with van der Waals surface area (Å²) >= 11 is 0. The molecule has 1 amide bonds. The third kappa shape index (κ3) is 2.66. The van der Waals surface area contributed by atoms with Crippen LogP contribution < -0.4 is 5.32 Å². The van der Waals surface area contributed by atoms with E-state index in [1.165, 1.54) is 24.7 Å². The quantitative estimate of drug-likeness (QED) is 0.796. The van der Waals surface area contributed by atoms with Gasteiger partial charge >= 0.3 is 0 Å². The Bertz CT molecular complexity index is 814. The number of carbonyl (C=O) groups is 1. The number of hydrogen-bond donors (Lipinski definition) is 1. The van der Waals surface area contributed by atoms with E-state index in [0.717, 1.165) is 12.0 Å². The largest absolute Gasteiger partial charge is 0.319 e. The molecule has 0 saturated heterocycles. The summed E-state index contributed by atoms with van der Waals surface area (Å²) in [7, 11) is 0. The first-order valence-corrected chi connectivity index (χ1v) is 6.38. The van der Waals surface area contributed by atoms with Crippen LogP contribution in [-0.4, -0.2) is 30.4 Å². The van der Waals surface area contributed by atoms with Crippen molar-refractivity contribution in [2.45, 2.75) is 6.92 Å². The van der Waals surface area contributed by atoms with Crippen molar-refractivity contribution in [1.82, 2.24) is 24.5 Å². The standard InChI is InChI=1S/C14H11FN6O/c1-9-17-4-5-21(9)14-18-6-10(7-19-14)20-13(22)11-2-3-16-8-12(11)15/h2-8H,1H3,(H,20,22). The van der Waals surface area contributed by atoms with Gasteiger partial charge in [-0.2, -0.15) is 0 Å². The third-order valence-corrected chi connectivity index (χ3v) is 2.95. The van der Waals surface area contributed by atoms with Crippen LogP contribution in [0.15, 0.2) is 43.2 Å². The van der Waals surface area contributed by atoms with Crippen molar-refractivity contribution >= 4 is 11.6 Å². The number of anilines is 1. The van der Waals surface area contributed by atoms with Gasteiger partial charge in [0.05, 0.1) is 29.8 Å². The molecule has 0 bridgehead atoms. The van der Waals surface area contributed by atoms with Crippen molar-refractivity contribution in [3.05, 3.63) is 60.5 Å². The van der Waals surface area contributed by atoms with Gasteiger partial charge < -0.3 is 5.32 Å². The number of carbonyl (C=O) groups excluding carboxylic acids is 1. The first kappa shape index (κ1) is 13.8. The molecule has 0 unspecified atom stereocenters. The number of halogens is 1. The van der Waals surface area contributed by atoms with Gasteiger partial charge in [-0.1, -0.05) is 0 Å². The highest BCUT2D eigenvalue weighted by molar-refractivity contribution is 6.04. The lowest BCUT2D eigenvalue weighted by atomic mass is 10.2. The minimum absolute atomic E-state index is 0.0930. The molecule has 0 aromatic carbocycles. The molecule has 3 heterocycles. The van der Waals surface area contributed by atoms with Crippen LogP contribution in [0.3, 0.4) is 0 Å². The molecule has 1 N–H and O–H groups in total. The molecule has 0 aliphatic carbocycles. The maximum atomic E-state index is 13.5. The fourth-order valence-corrected chi connectivity index (χ4v) is 1.86. The molecule has 0 aliphatic heterocycles. The summed E-state index contributed by atoms with van der Waals surface area (Å²) < 4.78 is 15.2. The van der Waals surface area contributed by atoms with E-state index in [2.05, 4.69) is 25.3 Å². The lowest BCUT2D eigenvalue weighted by Crippen LogP contribution is -2.14. The van der Waals surface area contributed by atoms with Crippen LogP contribution >= 0.6 is 0 Å². The molecule has 0 saturated carbocycles. The number of rotatable bonds is 3. The van der Waals surface area contributed by atoms with Gasteiger partial charge in [-0.15, -0.1) is 0 Å². The molecule has 0 radical (unpaired) electrons. The fourth-order valence-electron chi connectivity index (χ4n) is 1.86. The average molecular weight is 298 g/mol. The van der Waals surface area contributed by atoms with Crippen LogP contribution in [-0.2, 0) is 0 Å². The highest BCUT2D eigenvalue weighted by Gasteiger charge is 2.12. The van der Waals surface area contributed by atoms with Crippen LogP contribution in [0.5, 0.6) is 0 Å². The lowest BCUT2D eigenvalue weighted by Gasteiger charge is -2.07. The van der Waals surface area contributed by atoms with E-state index < -0.39 is 11.7 Å². The molecule has 3 rings (SSSR count). The van der Waals surface area contributed by atoms with Crippen molar-refractivity contribution < 1.29 is 9.18 Å². The molecular formula is C14H11FN6O. The van der Waals surface area contributed by atoms with Crippen LogP contribution in [0.2, 0.25) is 0 Å². The number of nitrogens with one attached hydrogen (secondary N) is 1. The molecule has 3 aromatic rings. The van der Waals surface area contributed by atoms with Gasteiger partial charge in [0.2, 0.25) is 5.95 Å². The zero-order chi connectivity index (χ0) is 15.5. The van der Waals surface area contributed by atoms with E-state index in [-0.39, 0.29) is 5.56 Å². The van der Waals surface area contributed by atoms with Crippen molar-refractivity contribution in [3.63, 3.8) is 0 Å². The van der Waals surface area contributed by atoms with E-state index in [0.29, 0.717) is 11.6 Å². The Morgan fingerprint density at radius 3 is 2.59 bits per heavy atom. The molecule has 8 heteroatoms. The highest BCUT2D eigenvalue weighted by Crippen LogP contribution is 2.11. The predicted octanol–water partition coefficient (Wildman–Crippen LogP) is 1.76. The summed E-state index contributed by atoms with van der Waals surface area (Å²) in [5.74, 6) is -0.0969. The topological polar surface area (TPSA) is 85.6 Å². The minimum atomic E-state index is -0.688. The first-order valence-electron chi connectivity index (χ1n) is 6.38. The second kappa shape index (κ2) is 5.68. The monoisotopic (exact) mass is 298 g/mol. The van der Waals surface area contributed by atoms with Crippen molar-refractivity contribution in [2.24, 2.45) is 0 Å². The number of hydrogen-bond acceptors (Lipinski definition) is 5. The second-order valence-corrected chi connectivity index (χ2v) is 4.43. The van der Waals surface area contributed by atoms with E-state index in [9.17, 15) is 9.18 Å². The number of aryl methyl sites for hydroxylation is 1. The van der Waals surface area contributed by atoms with E-state index >= 15 is 0 Å². The fraction of sp³-hybridized carbons (Fsp3) is 0.0714. The van der Waals surface area contributed by atoms with Crippen LogP contribution in [0.1, 0.15) is 16.2 Å². The normalized spacial score (nSPS) is 10.5. The van der Waals surface area contributed by atoms with Gasteiger partial charge in [0.15, 0.2) is 5.82 Å². The highest BCUT2D eigenvalue weighted by atomic mass is 19.1. The molecule has 3 aromatic heterocycles. The Labute approximate surface area is 124 Å². The summed E-state index contributed by atoms with van der Waals surface area (Å²) in [6.07, 6.45) is 8.59. The Kier molecular flexibility index (Phi) is 3.57. The van der Waals surface area contributed by atoms with Gasteiger partial charge in [-0.3, -0.25) is 14.3 Å². The van der Waals surface area contributed by atoms with Crippen LogP contribution in [0.25, 0.3) is 5.95 Å². The van der Waals surface area contributed by atoms with Crippen LogP contribution in [0.4, 0.5) is 10.1 Å². The zero-order valence-electron chi connectivity index (χ0n) is 11.6. The lowest BCUT2D eigenvalue weighted by molar-refractivity contribution is 0.102. The molecule has 0 aliphatic rings. The molecule has 0 spiro atoms. The second-order valence-electron chi connectivity index (χ2n) is 4.43. The first-order chi connectivity index (χ1) is 10.6. The number of aromatic nitrogens is 5. The van der Waals surface area contributed by atoms with Gasteiger partial charge in [-0.25, -0.2) is 19.3 Å². The minimum Gasteiger partial charge on any atom is -0.319 e. The summed E-state index contributed by atoms with van der Waals surface area (Å²) in [5.41, 5.74) is 0.271. The predicted molar refractivity (Wildman–Crippen MR) is 76.0 cm³/mol. The van der Waals surface area contributed by atoms with Crippen molar-refractivity contribution in [2.75, 3.05) is 5.32 Å². The average Bonchev–Trinajstić information content (AvgIpc) is 2.94. The molecule has 0 atom stereocenters. The van der Waals surface area contributed by atoms with Gasteiger partial charge in [-0.05, 0) is 13.0 Å². The van der Waals surface area contributed by atoms with Gasteiger partial charge in [0.1, 0.15) is 5.82 Å². The Morgan fingerprint density at radius 1 is 1.18 bits per heavy atom. The van der Waals surface area contributed by atoms with Gasteiger partial charge in [0.25, 0.3) is 5.91 Å². The summed E-state index contributed by atoms with van der Waals surface area (Å²) in [6.45, 7) is 1.82. The van der Waals surface area contributed by atoms with E-state index in [1.54, 1.807) is 17.0 Å². The third-order valence-electron chi connectivity index (χ3n) is 2.95. The summed E-state index contributed by atoms with van der Waals surface area (Å²) in [6, 6.07) is 1.30. The number of nitrogens with zero attached hydrogens (tertiary/aromatic N) is 5. The van der Waals surface area contributed by atoms with E-state index in [4.69, 9.17) is 0 Å². The Hall–Kier alpha value is -3.16. The molecule has 0 fully saturated rings. The van der Waals surface area contributed by atoms with Crippen molar-refractivity contribution in [3.8, 4) is 5.95 Å². The van der Waals surface area contributed by atoms with E-state index in [1.807, 2.05) is 6.92 Å². The Morgan fingerprint density at radius 2 is 1.95 bits per heavy atom. The molecule has 7 nitrogen and oxygen atoms in total. The maximum absolute atomic E-state index is 13.5. The molecule has 22 heavy (non-hydrogen) atoms. The Balaban J connectivity index is 1.78.